The van der Waals surface area contributed by atoms with Gasteiger partial charge >= 0.3 is 0 Å². The minimum Gasteiger partial charge on any atom is -0.383 e. The van der Waals surface area contributed by atoms with Gasteiger partial charge in [0.25, 0.3) is 17.4 Å². The molecule has 0 unspecified atom stereocenters. The van der Waals surface area contributed by atoms with Crippen molar-refractivity contribution in [3.63, 3.8) is 0 Å². The Morgan fingerprint density at radius 1 is 1.17 bits per heavy atom. The van der Waals surface area contributed by atoms with Crippen molar-refractivity contribution in [2.75, 3.05) is 13.7 Å². The molecule has 0 N–H and O–H groups in total. The molecule has 0 fully saturated rings. The van der Waals surface area contributed by atoms with Crippen LogP contribution >= 0.6 is 0 Å². The van der Waals surface area contributed by atoms with Gasteiger partial charge in [0.05, 0.1) is 29.2 Å². The number of hydrogen-bond acceptors (Lipinski definition) is 5. The van der Waals surface area contributed by atoms with E-state index < -0.39 is 11.8 Å². The molecule has 8 heteroatoms. The molecule has 1 aromatic carbocycles. The Hall–Kier alpha value is -3.78. The van der Waals surface area contributed by atoms with Crippen LogP contribution in [0, 0.1) is 0 Å². The lowest BCUT2D eigenvalue weighted by atomic mass is 10.0. The number of carbonyl (C=O) groups excluding carboxylic acids is 2. The van der Waals surface area contributed by atoms with Crippen LogP contribution in [0.2, 0.25) is 0 Å². The quantitative estimate of drug-likeness (QED) is 0.744. The highest BCUT2D eigenvalue weighted by Gasteiger charge is 2.21. The van der Waals surface area contributed by atoms with Crippen molar-refractivity contribution in [3.05, 3.63) is 70.2 Å². The molecule has 0 spiro atoms. The number of rotatable bonds is 4. The third kappa shape index (κ3) is 3.53. The number of pyridine rings is 1. The van der Waals surface area contributed by atoms with Crippen LogP contribution in [0.1, 0.15) is 10.4 Å². The number of allylic oxidation sites excluding steroid dienone is 3. The highest BCUT2D eigenvalue weighted by molar-refractivity contribution is 6.36. The number of amides is 2. The fourth-order valence-corrected chi connectivity index (χ4v) is 3.14. The van der Waals surface area contributed by atoms with Gasteiger partial charge in [-0.15, -0.1) is 0 Å². The van der Waals surface area contributed by atoms with Crippen molar-refractivity contribution in [2.24, 2.45) is 15.0 Å². The van der Waals surface area contributed by atoms with E-state index in [1.807, 2.05) is 0 Å². The van der Waals surface area contributed by atoms with Crippen LogP contribution in [0.25, 0.3) is 10.8 Å². The Balaban J connectivity index is 1.78. The van der Waals surface area contributed by atoms with Crippen LogP contribution in [0.4, 0.5) is 0 Å². The number of methoxy groups -OCH3 is 1. The second-order valence-electron chi connectivity index (χ2n) is 6.38. The monoisotopic (exact) mass is 388 g/mol. The first-order valence-corrected chi connectivity index (χ1v) is 8.87. The maximum Gasteiger partial charge on any atom is 0.280 e. The average molecular weight is 388 g/mol. The fourth-order valence-electron chi connectivity index (χ4n) is 3.14. The average Bonchev–Trinajstić information content (AvgIpc) is 2.74. The molecular formula is C21H16N4O4. The zero-order valence-electron chi connectivity index (χ0n) is 15.5. The maximum atomic E-state index is 13.0. The third-order valence-corrected chi connectivity index (χ3v) is 4.57. The number of carbonyl (C=O) groups is 2. The predicted molar refractivity (Wildman–Crippen MR) is 110 cm³/mol. The lowest BCUT2D eigenvalue weighted by molar-refractivity contribution is -0.113. The van der Waals surface area contributed by atoms with E-state index in [-0.39, 0.29) is 11.1 Å². The number of ether oxygens (including phenoxy) is 1. The molecule has 2 aliphatic rings. The molecule has 1 aliphatic heterocycles. The molecule has 144 valence electrons. The van der Waals surface area contributed by atoms with Gasteiger partial charge < -0.3 is 9.30 Å². The molecule has 0 radical (unpaired) electrons. The molecule has 1 aromatic heterocycles. The van der Waals surface area contributed by atoms with Crippen LogP contribution in [0.5, 0.6) is 0 Å². The zero-order chi connectivity index (χ0) is 20.4. The summed E-state index contributed by atoms with van der Waals surface area (Å²) >= 11 is 0. The summed E-state index contributed by atoms with van der Waals surface area (Å²) < 4.78 is 6.49. The summed E-state index contributed by atoms with van der Waals surface area (Å²) in [5, 5.41) is 0.951. The fraction of sp³-hybridized carbons (Fsp3) is 0.143. The van der Waals surface area contributed by atoms with E-state index >= 15 is 0 Å². The second kappa shape index (κ2) is 7.69. The Morgan fingerprint density at radius 2 is 1.97 bits per heavy atom. The molecule has 0 saturated carbocycles. The van der Waals surface area contributed by atoms with Gasteiger partial charge in [0, 0.05) is 30.6 Å². The zero-order valence-corrected chi connectivity index (χ0v) is 15.5. The van der Waals surface area contributed by atoms with Gasteiger partial charge in [0.1, 0.15) is 6.34 Å². The second-order valence-corrected chi connectivity index (χ2v) is 6.38. The topological polar surface area (TPSA) is 102 Å². The van der Waals surface area contributed by atoms with E-state index in [0.29, 0.717) is 40.9 Å². The predicted octanol–water partition coefficient (Wildman–Crippen LogP) is 1.73. The van der Waals surface area contributed by atoms with Gasteiger partial charge in [-0.2, -0.15) is 4.99 Å². The molecule has 0 atom stereocenters. The number of aliphatic imine (C=N–C) groups is 3. The Bertz CT molecular complexity index is 1250. The van der Waals surface area contributed by atoms with Crippen molar-refractivity contribution < 1.29 is 14.3 Å². The molecular weight excluding hydrogens is 372 g/mol. The number of benzene rings is 1. The first-order valence-electron chi connectivity index (χ1n) is 8.87. The van der Waals surface area contributed by atoms with Crippen LogP contribution in [0.15, 0.2) is 74.0 Å². The molecule has 4 rings (SSSR count). The van der Waals surface area contributed by atoms with Gasteiger partial charge in [0.2, 0.25) is 0 Å². The van der Waals surface area contributed by atoms with Crippen molar-refractivity contribution in [3.8, 4) is 0 Å². The lowest BCUT2D eigenvalue weighted by Crippen LogP contribution is -2.24. The molecule has 8 nitrogen and oxygen atoms in total. The lowest BCUT2D eigenvalue weighted by Gasteiger charge is -2.12. The molecule has 2 heterocycles. The Labute approximate surface area is 165 Å². The van der Waals surface area contributed by atoms with Crippen molar-refractivity contribution in [1.29, 1.82) is 0 Å². The van der Waals surface area contributed by atoms with Gasteiger partial charge in [-0.05, 0) is 24.3 Å². The number of fused-ring (bicyclic) bond motifs is 2. The van der Waals surface area contributed by atoms with Crippen molar-refractivity contribution in [2.45, 2.75) is 6.54 Å². The van der Waals surface area contributed by atoms with E-state index in [4.69, 9.17) is 4.74 Å². The third-order valence-electron chi connectivity index (χ3n) is 4.57. The number of hydrogen-bond donors (Lipinski definition) is 0. The van der Waals surface area contributed by atoms with Gasteiger partial charge in [-0.3, -0.25) is 14.4 Å². The van der Waals surface area contributed by atoms with Crippen LogP contribution in [-0.2, 0) is 16.1 Å². The first kappa shape index (κ1) is 18.6. The van der Waals surface area contributed by atoms with Crippen molar-refractivity contribution >= 4 is 40.3 Å². The van der Waals surface area contributed by atoms with Crippen molar-refractivity contribution in [1.82, 2.24) is 4.57 Å². The number of nitrogens with zero attached hydrogens (tertiary/aromatic N) is 4. The molecule has 2 amide bonds. The molecule has 2 aromatic rings. The molecule has 0 saturated heterocycles. The van der Waals surface area contributed by atoms with E-state index in [9.17, 15) is 14.4 Å². The summed E-state index contributed by atoms with van der Waals surface area (Å²) in [4.78, 5) is 49.3. The van der Waals surface area contributed by atoms with Crippen LogP contribution in [-0.4, -0.2) is 47.9 Å². The SMILES string of the molecule is COCCn1cc(C(=O)N=C2C=CC3=NC=NC(=O)C3=C2)c2ccccc2c1=O. The Kier molecular flexibility index (Phi) is 4.92. The highest BCUT2D eigenvalue weighted by atomic mass is 16.5. The van der Waals surface area contributed by atoms with Gasteiger partial charge in [-0.25, -0.2) is 9.98 Å². The van der Waals surface area contributed by atoms with E-state index in [0.717, 1.165) is 0 Å². The summed E-state index contributed by atoms with van der Waals surface area (Å²) in [6.07, 6.45) is 7.40. The summed E-state index contributed by atoms with van der Waals surface area (Å²) in [6, 6.07) is 6.89. The largest absolute Gasteiger partial charge is 0.383 e. The smallest absolute Gasteiger partial charge is 0.280 e. The Morgan fingerprint density at radius 3 is 2.76 bits per heavy atom. The summed E-state index contributed by atoms with van der Waals surface area (Å²) in [7, 11) is 1.54. The van der Waals surface area contributed by atoms with E-state index in [1.165, 1.54) is 23.2 Å². The number of aromatic nitrogens is 1. The van der Waals surface area contributed by atoms with Crippen LogP contribution < -0.4 is 5.56 Å². The summed E-state index contributed by atoms with van der Waals surface area (Å²) in [6.45, 7) is 0.646. The summed E-state index contributed by atoms with van der Waals surface area (Å²) in [5.74, 6) is -0.950. The minimum atomic E-state index is -0.518. The summed E-state index contributed by atoms with van der Waals surface area (Å²) in [5.41, 5.74) is 1.18. The van der Waals surface area contributed by atoms with E-state index in [1.54, 1.807) is 43.5 Å². The normalized spacial score (nSPS) is 16.7. The van der Waals surface area contributed by atoms with Crippen LogP contribution in [0.3, 0.4) is 0 Å². The minimum absolute atomic E-state index is 0.201. The van der Waals surface area contributed by atoms with E-state index in [2.05, 4.69) is 15.0 Å². The molecule has 29 heavy (non-hydrogen) atoms. The standard InChI is InChI=1S/C21H16N4O4/c1-29-9-8-25-11-17(14-4-2-3-5-15(14)21(25)28)20(27)24-13-6-7-18-16(10-13)19(26)23-12-22-18/h2-7,10-12H,8-9H2,1H3. The van der Waals surface area contributed by atoms with Gasteiger partial charge in [0.15, 0.2) is 0 Å². The molecule has 1 aliphatic carbocycles. The van der Waals surface area contributed by atoms with Gasteiger partial charge in [-0.1, -0.05) is 18.2 Å². The molecule has 0 bridgehead atoms. The maximum absolute atomic E-state index is 13.0. The highest BCUT2D eigenvalue weighted by Crippen LogP contribution is 2.18. The first-order chi connectivity index (χ1) is 14.1.